The molecule has 0 bridgehead atoms. The van der Waals surface area contributed by atoms with Crippen LogP contribution in [0.5, 0.6) is 0 Å². The molecule has 1 N–H and O–H groups in total. The smallest absolute Gasteiger partial charge is 0.305 e. The van der Waals surface area contributed by atoms with E-state index in [1.807, 2.05) is 6.07 Å². The van der Waals surface area contributed by atoms with Crippen molar-refractivity contribution in [3.8, 4) is 6.07 Å². The number of anilines is 1. The molecule has 1 heterocycles. The first-order valence-corrected chi connectivity index (χ1v) is 7.87. The Bertz CT molecular complexity index is 851. The molecule has 9 heteroatoms. The summed E-state index contributed by atoms with van der Waals surface area (Å²) in [4.78, 5) is 26.3. The van der Waals surface area contributed by atoms with Gasteiger partial charge in [-0.15, -0.1) is 0 Å². The van der Waals surface area contributed by atoms with Crippen molar-refractivity contribution in [2.24, 2.45) is 0 Å². The van der Waals surface area contributed by atoms with Crippen molar-refractivity contribution < 1.29 is 9.72 Å². The number of nitriles is 1. The fourth-order valence-corrected chi connectivity index (χ4v) is 2.51. The first-order chi connectivity index (χ1) is 11.4. The van der Waals surface area contributed by atoms with Gasteiger partial charge in [-0.1, -0.05) is 17.7 Å². The predicted molar refractivity (Wildman–Crippen MR) is 91.7 cm³/mol. The number of amides is 1. The van der Waals surface area contributed by atoms with Crippen LogP contribution in [0.15, 0.2) is 34.9 Å². The lowest BCUT2D eigenvalue weighted by Gasteiger charge is -2.07. The van der Waals surface area contributed by atoms with Crippen molar-refractivity contribution in [1.29, 1.82) is 5.26 Å². The van der Waals surface area contributed by atoms with E-state index in [0.717, 1.165) is 0 Å². The van der Waals surface area contributed by atoms with Crippen LogP contribution in [0.4, 0.5) is 11.5 Å². The van der Waals surface area contributed by atoms with Crippen molar-refractivity contribution in [3.63, 3.8) is 0 Å². The normalized spacial score (nSPS) is 10.0. The van der Waals surface area contributed by atoms with E-state index < -0.39 is 10.8 Å². The number of aryl methyl sites for hydroxylation is 1. The minimum Gasteiger partial charge on any atom is -0.305 e. The third kappa shape index (κ3) is 4.50. The molecule has 0 aliphatic carbocycles. The molecule has 0 radical (unpaired) electrons. The molecule has 2 rings (SSSR count). The highest BCUT2D eigenvalue weighted by molar-refractivity contribution is 9.10. The van der Waals surface area contributed by atoms with Gasteiger partial charge in [-0.25, -0.2) is 4.98 Å². The van der Waals surface area contributed by atoms with Crippen LogP contribution in [0.2, 0.25) is 5.02 Å². The van der Waals surface area contributed by atoms with E-state index in [4.69, 9.17) is 16.9 Å². The molecule has 0 aliphatic rings. The summed E-state index contributed by atoms with van der Waals surface area (Å²) in [6.45, 7) is 0. The monoisotopic (exact) mass is 408 g/mol. The third-order valence-electron chi connectivity index (χ3n) is 3.10. The summed E-state index contributed by atoms with van der Waals surface area (Å²) in [5.41, 5.74) is 0.854. The van der Waals surface area contributed by atoms with Gasteiger partial charge in [0.05, 0.1) is 16.6 Å². The number of carbonyl (C=O) groups excluding carboxylic acids is 1. The Morgan fingerprint density at radius 2 is 2.17 bits per heavy atom. The van der Waals surface area contributed by atoms with Crippen LogP contribution in [0.1, 0.15) is 17.5 Å². The third-order valence-corrected chi connectivity index (χ3v) is 3.89. The number of rotatable bonds is 5. The fourth-order valence-electron chi connectivity index (χ4n) is 1.93. The quantitative estimate of drug-likeness (QED) is 0.458. The van der Waals surface area contributed by atoms with Gasteiger partial charge < -0.3 is 5.32 Å². The zero-order chi connectivity index (χ0) is 17.7. The maximum atomic E-state index is 12.0. The zero-order valence-electron chi connectivity index (χ0n) is 12.1. The number of aromatic nitrogens is 1. The van der Waals surface area contributed by atoms with E-state index >= 15 is 0 Å². The van der Waals surface area contributed by atoms with Crippen LogP contribution >= 0.6 is 27.5 Å². The van der Waals surface area contributed by atoms with Gasteiger partial charge in [0.25, 0.3) is 0 Å². The summed E-state index contributed by atoms with van der Waals surface area (Å²) >= 11 is 9.15. The molecule has 0 fully saturated rings. The lowest BCUT2D eigenvalue weighted by atomic mass is 10.1. The number of hydrogen-bond donors (Lipinski definition) is 1. The Balaban J connectivity index is 2.06. The molecule has 0 aliphatic heterocycles. The first-order valence-electron chi connectivity index (χ1n) is 6.70. The van der Waals surface area contributed by atoms with Crippen molar-refractivity contribution in [2.75, 3.05) is 5.32 Å². The van der Waals surface area contributed by atoms with Gasteiger partial charge in [0.15, 0.2) is 0 Å². The average Bonchev–Trinajstić information content (AvgIpc) is 2.53. The summed E-state index contributed by atoms with van der Waals surface area (Å²) in [5, 5.41) is 22.6. The number of hydrogen-bond acceptors (Lipinski definition) is 5. The highest BCUT2D eigenvalue weighted by Crippen LogP contribution is 2.25. The van der Waals surface area contributed by atoms with E-state index in [9.17, 15) is 14.9 Å². The van der Waals surface area contributed by atoms with E-state index in [1.54, 1.807) is 12.1 Å². The maximum Gasteiger partial charge on any atom is 0.311 e. The predicted octanol–water partition coefficient (Wildman–Crippen LogP) is 3.85. The number of nitro groups is 1. The van der Waals surface area contributed by atoms with Gasteiger partial charge in [-0.2, -0.15) is 5.26 Å². The standard InChI is InChI=1S/C15H10BrClN4O3/c16-13-5-4-12(21(23)24)15(19-13)20-14(22)6-3-10-2-1-9(8-18)7-11(10)17/h1-2,4-5,7H,3,6H2,(H,19,20,22). The Morgan fingerprint density at radius 3 is 2.79 bits per heavy atom. The summed E-state index contributed by atoms with van der Waals surface area (Å²) in [6, 6.07) is 9.46. The van der Waals surface area contributed by atoms with E-state index in [-0.39, 0.29) is 17.9 Å². The second-order valence-electron chi connectivity index (χ2n) is 4.72. The molecular formula is C15H10BrClN4O3. The van der Waals surface area contributed by atoms with Crippen LogP contribution in [0.25, 0.3) is 0 Å². The fraction of sp³-hybridized carbons (Fsp3) is 0.133. The van der Waals surface area contributed by atoms with Gasteiger partial charge in [0.1, 0.15) is 4.60 Å². The molecule has 24 heavy (non-hydrogen) atoms. The molecule has 0 saturated heterocycles. The largest absolute Gasteiger partial charge is 0.311 e. The second kappa shape index (κ2) is 7.86. The van der Waals surface area contributed by atoms with Crippen LogP contribution < -0.4 is 5.32 Å². The van der Waals surface area contributed by atoms with Crippen LogP contribution in [0.3, 0.4) is 0 Å². The highest BCUT2D eigenvalue weighted by atomic mass is 79.9. The number of pyridine rings is 1. The maximum absolute atomic E-state index is 12.0. The van der Waals surface area contributed by atoms with Gasteiger partial charge in [0, 0.05) is 17.5 Å². The average molecular weight is 410 g/mol. The lowest BCUT2D eigenvalue weighted by molar-refractivity contribution is -0.384. The van der Waals surface area contributed by atoms with Gasteiger partial charge in [0.2, 0.25) is 11.7 Å². The summed E-state index contributed by atoms with van der Waals surface area (Å²) in [5.74, 6) is -0.547. The van der Waals surface area contributed by atoms with Crippen LogP contribution in [0, 0.1) is 21.4 Å². The van der Waals surface area contributed by atoms with Crippen LogP contribution in [-0.2, 0) is 11.2 Å². The van der Waals surface area contributed by atoms with E-state index in [0.29, 0.717) is 27.2 Å². The van der Waals surface area contributed by atoms with Gasteiger partial charge >= 0.3 is 5.69 Å². The van der Waals surface area contributed by atoms with Gasteiger partial charge in [-0.3, -0.25) is 14.9 Å². The SMILES string of the molecule is N#Cc1ccc(CCC(=O)Nc2nc(Br)ccc2[N+](=O)[O-])c(Cl)c1. The summed E-state index contributed by atoms with van der Waals surface area (Å²) in [6.07, 6.45) is 0.398. The number of nitrogens with one attached hydrogen (secondary N) is 1. The molecule has 0 spiro atoms. The summed E-state index contributed by atoms with van der Waals surface area (Å²) in [7, 11) is 0. The highest BCUT2D eigenvalue weighted by Gasteiger charge is 2.18. The topological polar surface area (TPSA) is 109 Å². The zero-order valence-corrected chi connectivity index (χ0v) is 14.5. The lowest BCUT2D eigenvalue weighted by Crippen LogP contribution is -2.15. The molecular weight excluding hydrogens is 400 g/mol. The van der Waals surface area contributed by atoms with Crippen molar-refractivity contribution in [3.05, 3.63) is 61.2 Å². The molecule has 7 nitrogen and oxygen atoms in total. The van der Waals surface area contributed by atoms with E-state index in [1.165, 1.54) is 18.2 Å². The molecule has 0 saturated carbocycles. The number of halogens is 2. The Labute approximate surface area is 150 Å². The summed E-state index contributed by atoms with van der Waals surface area (Å²) < 4.78 is 0.374. The van der Waals surface area contributed by atoms with Crippen molar-refractivity contribution in [1.82, 2.24) is 4.98 Å². The molecule has 2 aromatic rings. The number of nitrogens with zero attached hydrogens (tertiary/aromatic N) is 3. The Morgan fingerprint density at radius 1 is 1.42 bits per heavy atom. The number of benzene rings is 1. The minimum atomic E-state index is -0.619. The molecule has 1 aromatic carbocycles. The first kappa shape index (κ1) is 17.8. The second-order valence-corrected chi connectivity index (χ2v) is 5.94. The molecule has 0 unspecified atom stereocenters. The minimum absolute atomic E-state index is 0.0664. The van der Waals surface area contributed by atoms with Crippen molar-refractivity contribution in [2.45, 2.75) is 12.8 Å². The molecule has 1 aromatic heterocycles. The number of carbonyl (C=O) groups is 1. The van der Waals surface area contributed by atoms with E-state index in [2.05, 4.69) is 26.2 Å². The Hall–Kier alpha value is -2.50. The molecule has 0 atom stereocenters. The Kier molecular flexibility index (Phi) is 5.84. The molecule has 122 valence electrons. The van der Waals surface area contributed by atoms with Crippen LogP contribution in [-0.4, -0.2) is 15.8 Å². The van der Waals surface area contributed by atoms with Crippen molar-refractivity contribution >= 4 is 44.9 Å². The molecule has 1 amide bonds. The van der Waals surface area contributed by atoms with Gasteiger partial charge in [-0.05, 0) is 46.1 Å².